The second kappa shape index (κ2) is 9.07. The van der Waals surface area contributed by atoms with E-state index in [1.807, 2.05) is 42.5 Å². The minimum absolute atomic E-state index is 0. The van der Waals surface area contributed by atoms with Crippen molar-refractivity contribution in [1.29, 1.82) is 0 Å². The van der Waals surface area contributed by atoms with Crippen molar-refractivity contribution < 1.29 is 5.11 Å². The number of phenolic OH excluding ortho intramolecular Hbond substituents is 1. The number of hydrogen-bond donors (Lipinski definition) is 1. The summed E-state index contributed by atoms with van der Waals surface area (Å²) in [6.07, 6.45) is 0. The summed E-state index contributed by atoms with van der Waals surface area (Å²) in [6, 6.07) is 20.7. The van der Waals surface area contributed by atoms with Gasteiger partial charge in [0.2, 0.25) is 0 Å². The molecule has 2 aromatic rings. The van der Waals surface area contributed by atoms with E-state index >= 15 is 0 Å². The van der Waals surface area contributed by atoms with E-state index in [0.29, 0.717) is 5.75 Å². The zero-order chi connectivity index (χ0) is 9.36. The molecule has 2 aromatic carbocycles. The molecule has 0 bridgehead atoms. The first kappa shape index (κ1) is 13.5. The van der Waals surface area contributed by atoms with Crippen molar-refractivity contribution in [3.8, 4) is 5.75 Å². The quantitative estimate of drug-likeness (QED) is 0.666. The Morgan fingerprint density at radius 2 is 0.857 bits per heavy atom. The van der Waals surface area contributed by atoms with Gasteiger partial charge in [0, 0.05) is 0 Å². The molecule has 0 heterocycles. The largest absolute Gasteiger partial charge is 0.0623 e. The molecule has 0 unspecified atom stereocenters. The van der Waals surface area contributed by atoms with Crippen LogP contribution in [-0.4, -0.2) is 42.8 Å². The fourth-order valence-corrected chi connectivity index (χ4v) is 0.813. The SMILES string of the molecule is Oc1ccccc1.[CaH2].c1ccccc1. The average molecular weight is 214 g/mol. The standard InChI is InChI=1S/C6H6O.C6H6.Ca.2H/c7-6-4-2-1-3-5-6;1-2-4-6-5-3-1;;;/h1-5,7H;1-6H;;;. The van der Waals surface area contributed by atoms with E-state index < -0.39 is 0 Å². The molecule has 0 saturated heterocycles. The van der Waals surface area contributed by atoms with Crippen molar-refractivity contribution in [3.63, 3.8) is 0 Å². The minimum Gasteiger partial charge on any atom is -0.0623 e. The number of aromatic hydroxyl groups is 1. The fourth-order valence-electron chi connectivity index (χ4n) is 0.813. The van der Waals surface area contributed by atoms with Crippen LogP contribution in [0.15, 0.2) is 66.7 Å². The summed E-state index contributed by atoms with van der Waals surface area (Å²) in [5, 5.41) is 8.63. The Labute approximate surface area is 114 Å². The van der Waals surface area contributed by atoms with Crippen LogP contribution in [0.25, 0.3) is 0 Å². The summed E-state index contributed by atoms with van der Waals surface area (Å²) in [5.74, 6) is 0.322. The van der Waals surface area contributed by atoms with Gasteiger partial charge in [-0.25, -0.2) is 0 Å². The summed E-state index contributed by atoms with van der Waals surface area (Å²) in [6.45, 7) is 0. The second-order valence-electron chi connectivity index (χ2n) is 2.49. The van der Waals surface area contributed by atoms with Gasteiger partial charge in [0.25, 0.3) is 0 Å². The maximum Gasteiger partial charge on any atom is -0.0623 e. The molecule has 70 valence electrons. The molecular weight excluding hydrogens is 200 g/mol. The van der Waals surface area contributed by atoms with E-state index in [1.165, 1.54) is 0 Å². The third-order valence-corrected chi connectivity index (χ3v) is 1.42. The molecule has 0 aliphatic rings. The van der Waals surface area contributed by atoms with Gasteiger partial charge in [-0.2, -0.15) is 0 Å². The van der Waals surface area contributed by atoms with Crippen molar-refractivity contribution in [2.75, 3.05) is 0 Å². The molecule has 1 nitrogen and oxygen atoms in total. The van der Waals surface area contributed by atoms with Gasteiger partial charge in [-0.05, 0) is 12.1 Å². The summed E-state index contributed by atoms with van der Waals surface area (Å²) >= 11 is 0. The first-order valence-electron chi connectivity index (χ1n) is 4.13. The maximum atomic E-state index is 8.63. The van der Waals surface area contributed by atoms with Crippen molar-refractivity contribution in [1.82, 2.24) is 0 Å². The van der Waals surface area contributed by atoms with E-state index in [-0.39, 0.29) is 37.7 Å². The number of phenols is 1. The van der Waals surface area contributed by atoms with Crippen LogP contribution in [0.2, 0.25) is 0 Å². The van der Waals surface area contributed by atoms with Gasteiger partial charge in [0.1, 0.15) is 5.75 Å². The smallest absolute Gasteiger partial charge is 0.0623 e. The molecule has 0 saturated carbocycles. The third-order valence-electron chi connectivity index (χ3n) is 1.42. The summed E-state index contributed by atoms with van der Waals surface area (Å²) in [7, 11) is 0. The second-order valence-corrected chi connectivity index (χ2v) is 2.49. The number of rotatable bonds is 0. The van der Waals surface area contributed by atoms with Crippen LogP contribution in [0, 0.1) is 0 Å². The molecule has 2 rings (SSSR count). The van der Waals surface area contributed by atoms with Crippen LogP contribution in [0.5, 0.6) is 5.75 Å². The Kier molecular flexibility index (Phi) is 8.75. The average Bonchev–Trinajstić information content (AvgIpc) is 2.22. The first-order chi connectivity index (χ1) is 6.39. The van der Waals surface area contributed by atoms with Gasteiger partial charge < -0.3 is 5.11 Å². The summed E-state index contributed by atoms with van der Waals surface area (Å²) in [5.41, 5.74) is 0. The van der Waals surface area contributed by atoms with Crippen LogP contribution in [-0.2, 0) is 0 Å². The van der Waals surface area contributed by atoms with Gasteiger partial charge in [0.15, 0.2) is 0 Å². The molecule has 0 radical (unpaired) electrons. The van der Waals surface area contributed by atoms with Crippen molar-refractivity contribution >= 4 is 37.7 Å². The maximum absolute atomic E-state index is 8.63. The Bertz CT molecular complexity index is 281. The zero-order valence-corrected chi connectivity index (χ0v) is 7.30. The molecule has 14 heavy (non-hydrogen) atoms. The van der Waals surface area contributed by atoms with Crippen LogP contribution < -0.4 is 0 Å². The summed E-state index contributed by atoms with van der Waals surface area (Å²) < 4.78 is 0. The molecule has 0 fully saturated rings. The molecule has 2 heteroatoms. The van der Waals surface area contributed by atoms with Crippen LogP contribution in [0.4, 0.5) is 0 Å². The van der Waals surface area contributed by atoms with Crippen molar-refractivity contribution in [2.45, 2.75) is 0 Å². The van der Waals surface area contributed by atoms with Crippen LogP contribution in [0.3, 0.4) is 0 Å². The van der Waals surface area contributed by atoms with Gasteiger partial charge in [-0.3, -0.25) is 0 Å². The Morgan fingerprint density at radius 3 is 1.07 bits per heavy atom. The van der Waals surface area contributed by atoms with E-state index in [0.717, 1.165) is 0 Å². The Hall–Kier alpha value is -0.500. The van der Waals surface area contributed by atoms with Crippen LogP contribution in [0.1, 0.15) is 0 Å². The topological polar surface area (TPSA) is 20.2 Å². The monoisotopic (exact) mass is 214 g/mol. The molecular formula is C12H14CaO. The molecule has 0 aromatic heterocycles. The zero-order valence-electron chi connectivity index (χ0n) is 7.30. The molecule has 1 N–H and O–H groups in total. The van der Waals surface area contributed by atoms with Crippen molar-refractivity contribution in [3.05, 3.63) is 66.7 Å². The van der Waals surface area contributed by atoms with Gasteiger partial charge >= 0.3 is 37.7 Å². The molecule has 0 atom stereocenters. The molecule has 0 spiro atoms. The fraction of sp³-hybridized carbons (Fsp3) is 0. The Morgan fingerprint density at radius 1 is 0.571 bits per heavy atom. The first-order valence-corrected chi connectivity index (χ1v) is 4.13. The minimum atomic E-state index is 0. The third kappa shape index (κ3) is 6.96. The molecule has 0 aliphatic carbocycles. The van der Waals surface area contributed by atoms with E-state index in [9.17, 15) is 0 Å². The number of hydrogen-bond acceptors (Lipinski definition) is 1. The van der Waals surface area contributed by atoms with E-state index in [2.05, 4.69) is 0 Å². The number of para-hydroxylation sites is 1. The van der Waals surface area contributed by atoms with Crippen molar-refractivity contribution in [2.24, 2.45) is 0 Å². The molecule has 0 amide bonds. The van der Waals surface area contributed by atoms with E-state index in [4.69, 9.17) is 5.11 Å². The number of benzene rings is 2. The van der Waals surface area contributed by atoms with Crippen LogP contribution >= 0.6 is 0 Å². The van der Waals surface area contributed by atoms with Gasteiger partial charge in [-0.1, -0.05) is 54.6 Å². The summed E-state index contributed by atoms with van der Waals surface area (Å²) in [4.78, 5) is 0. The van der Waals surface area contributed by atoms with E-state index in [1.54, 1.807) is 24.3 Å². The Balaban J connectivity index is 0.000000227. The van der Waals surface area contributed by atoms with Gasteiger partial charge in [0.05, 0.1) is 0 Å². The normalized spacial score (nSPS) is 7.71. The van der Waals surface area contributed by atoms with Gasteiger partial charge in [-0.15, -0.1) is 0 Å². The predicted octanol–water partition coefficient (Wildman–Crippen LogP) is 2.16. The predicted molar refractivity (Wildman–Crippen MR) is 63.1 cm³/mol. The molecule has 0 aliphatic heterocycles.